The summed E-state index contributed by atoms with van der Waals surface area (Å²) in [4.78, 5) is 31.5. The number of amides is 2. The zero-order valence-electron chi connectivity index (χ0n) is 20.4. The molecule has 184 valence electrons. The van der Waals surface area contributed by atoms with Crippen LogP contribution in [0.5, 0.6) is 5.75 Å². The van der Waals surface area contributed by atoms with E-state index in [0.717, 1.165) is 23.3 Å². The maximum atomic E-state index is 13.8. The summed E-state index contributed by atoms with van der Waals surface area (Å²) >= 11 is 1.70. The topological polar surface area (TPSA) is 49.9 Å². The van der Waals surface area contributed by atoms with E-state index in [2.05, 4.69) is 11.4 Å². The normalized spacial score (nSPS) is 15.9. The minimum atomic E-state index is -0.472. The van der Waals surface area contributed by atoms with Crippen molar-refractivity contribution in [3.8, 4) is 5.75 Å². The van der Waals surface area contributed by atoms with Gasteiger partial charge in [-0.05, 0) is 74.0 Å². The third-order valence-corrected chi connectivity index (χ3v) is 7.60. The molecule has 2 amide bonds. The summed E-state index contributed by atoms with van der Waals surface area (Å²) in [5, 5.41) is 2.05. The summed E-state index contributed by atoms with van der Waals surface area (Å²) in [7, 11) is 0. The zero-order valence-corrected chi connectivity index (χ0v) is 21.2. The van der Waals surface area contributed by atoms with Gasteiger partial charge in [-0.1, -0.05) is 30.7 Å². The molecule has 0 radical (unpaired) electrons. The molecule has 0 saturated carbocycles. The second kappa shape index (κ2) is 11.0. The summed E-state index contributed by atoms with van der Waals surface area (Å²) in [5.41, 5.74) is 2.50. The van der Waals surface area contributed by atoms with Crippen LogP contribution in [0.4, 0.5) is 4.39 Å². The van der Waals surface area contributed by atoms with E-state index in [9.17, 15) is 14.0 Å². The predicted molar refractivity (Wildman–Crippen MR) is 136 cm³/mol. The average molecular weight is 495 g/mol. The van der Waals surface area contributed by atoms with Gasteiger partial charge in [0.05, 0.1) is 6.04 Å². The van der Waals surface area contributed by atoms with Crippen LogP contribution in [0.15, 0.2) is 60.0 Å². The van der Waals surface area contributed by atoms with Gasteiger partial charge in [0.2, 0.25) is 5.91 Å². The Morgan fingerprint density at radius 2 is 1.97 bits per heavy atom. The maximum absolute atomic E-state index is 13.8. The van der Waals surface area contributed by atoms with Gasteiger partial charge in [0, 0.05) is 23.0 Å². The molecule has 0 bridgehead atoms. The lowest BCUT2D eigenvalue weighted by atomic mass is 10.00. The third-order valence-electron chi connectivity index (χ3n) is 6.60. The number of carbonyl (C=O) groups is 2. The van der Waals surface area contributed by atoms with Crippen molar-refractivity contribution in [1.29, 1.82) is 0 Å². The maximum Gasteiger partial charge on any atom is 0.254 e. The first-order chi connectivity index (χ1) is 16.9. The number of halogens is 1. The minimum absolute atomic E-state index is 0.0646. The largest absolute Gasteiger partial charge is 0.491 e. The van der Waals surface area contributed by atoms with Gasteiger partial charge in [0.15, 0.2) is 0 Å². The van der Waals surface area contributed by atoms with Gasteiger partial charge < -0.3 is 14.5 Å². The Balaban J connectivity index is 1.54. The monoisotopic (exact) mass is 494 g/mol. The van der Waals surface area contributed by atoms with Crippen molar-refractivity contribution in [3.05, 3.63) is 87.4 Å². The average Bonchev–Trinajstić information content (AvgIpc) is 3.35. The first-order valence-electron chi connectivity index (χ1n) is 12.0. The van der Waals surface area contributed by atoms with E-state index in [4.69, 9.17) is 4.74 Å². The summed E-state index contributed by atoms with van der Waals surface area (Å²) in [6.45, 7) is 6.74. The SMILES string of the molecule is CC[C@H](C)N(CC(=O)N1CCc2sccc2[C@@H]1COc1ccc(C)cc1)C(=O)c1cccc(F)c1. The van der Waals surface area contributed by atoms with Crippen molar-refractivity contribution in [1.82, 2.24) is 9.80 Å². The molecule has 0 fully saturated rings. The molecule has 1 aliphatic heterocycles. The fourth-order valence-electron chi connectivity index (χ4n) is 4.36. The van der Waals surface area contributed by atoms with E-state index in [1.165, 1.54) is 23.1 Å². The van der Waals surface area contributed by atoms with Crippen LogP contribution in [0, 0.1) is 12.7 Å². The number of ether oxygens (including phenoxy) is 1. The van der Waals surface area contributed by atoms with Gasteiger partial charge in [0.25, 0.3) is 5.91 Å². The van der Waals surface area contributed by atoms with Gasteiger partial charge in [-0.15, -0.1) is 11.3 Å². The standard InChI is InChI=1S/C28H31FN2O3S/c1-4-20(3)31(28(33)21-6-5-7-22(29)16-21)17-27(32)30-14-12-26-24(13-15-35-26)25(30)18-34-23-10-8-19(2)9-11-23/h5-11,13,15-16,20,25H,4,12,14,17-18H2,1-3H3/t20-,25-/m0/s1. The molecule has 4 rings (SSSR count). The zero-order chi connectivity index (χ0) is 24.9. The molecule has 0 spiro atoms. The molecule has 0 N–H and O–H groups in total. The van der Waals surface area contributed by atoms with Crippen molar-refractivity contribution in [2.45, 2.75) is 45.7 Å². The van der Waals surface area contributed by atoms with Gasteiger partial charge in [-0.25, -0.2) is 4.39 Å². The van der Waals surface area contributed by atoms with E-state index in [1.54, 1.807) is 22.3 Å². The second-order valence-corrected chi connectivity index (χ2v) is 9.98. The van der Waals surface area contributed by atoms with Crippen LogP contribution >= 0.6 is 11.3 Å². The highest BCUT2D eigenvalue weighted by Crippen LogP contribution is 2.34. The fourth-order valence-corrected chi connectivity index (χ4v) is 5.28. The Morgan fingerprint density at radius 3 is 2.69 bits per heavy atom. The van der Waals surface area contributed by atoms with Crippen LogP contribution in [0.3, 0.4) is 0 Å². The molecule has 1 aromatic heterocycles. The van der Waals surface area contributed by atoms with Gasteiger partial charge in [-0.2, -0.15) is 0 Å². The second-order valence-electron chi connectivity index (χ2n) is 8.98. The van der Waals surface area contributed by atoms with Crippen LogP contribution in [0.1, 0.15) is 52.7 Å². The molecule has 2 atom stereocenters. The van der Waals surface area contributed by atoms with Crippen LogP contribution in [0.25, 0.3) is 0 Å². The number of carbonyl (C=O) groups excluding carboxylic acids is 2. The molecule has 3 aromatic rings. The number of hydrogen-bond donors (Lipinski definition) is 0. The van der Waals surface area contributed by atoms with Gasteiger partial charge >= 0.3 is 0 Å². The quantitative estimate of drug-likeness (QED) is 0.407. The lowest BCUT2D eigenvalue weighted by molar-refractivity contribution is -0.136. The highest BCUT2D eigenvalue weighted by molar-refractivity contribution is 7.10. The molecule has 0 unspecified atom stereocenters. The molecule has 0 aliphatic carbocycles. The van der Waals surface area contributed by atoms with Crippen molar-refractivity contribution in [2.75, 3.05) is 19.7 Å². The van der Waals surface area contributed by atoms with E-state index < -0.39 is 5.82 Å². The Kier molecular flexibility index (Phi) is 7.86. The molecule has 1 aliphatic rings. The first-order valence-corrected chi connectivity index (χ1v) is 12.9. The van der Waals surface area contributed by atoms with Crippen molar-refractivity contribution in [2.24, 2.45) is 0 Å². The lowest BCUT2D eigenvalue weighted by Gasteiger charge is -2.38. The molecule has 2 aromatic carbocycles. The van der Waals surface area contributed by atoms with Crippen molar-refractivity contribution < 1.29 is 18.7 Å². The highest BCUT2D eigenvalue weighted by atomic mass is 32.1. The number of fused-ring (bicyclic) bond motifs is 1. The predicted octanol–water partition coefficient (Wildman–Crippen LogP) is 5.64. The molecular formula is C28H31FN2O3S. The number of rotatable bonds is 8. The van der Waals surface area contributed by atoms with E-state index in [0.29, 0.717) is 19.6 Å². The summed E-state index contributed by atoms with van der Waals surface area (Å²) in [6, 6.07) is 15.1. The van der Waals surface area contributed by atoms with Crippen LogP contribution in [-0.2, 0) is 11.2 Å². The molecular weight excluding hydrogens is 463 g/mol. The third kappa shape index (κ3) is 5.73. The molecule has 5 nitrogen and oxygen atoms in total. The molecule has 35 heavy (non-hydrogen) atoms. The summed E-state index contributed by atoms with van der Waals surface area (Å²) < 4.78 is 19.9. The Hall–Kier alpha value is -3.19. The van der Waals surface area contributed by atoms with Crippen LogP contribution in [0.2, 0.25) is 0 Å². The molecule has 0 saturated heterocycles. The summed E-state index contributed by atoms with van der Waals surface area (Å²) in [6.07, 6.45) is 1.46. The lowest BCUT2D eigenvalue weighted by Crippen LogP contribution is -2.49. The number of benzene rings is 2. The van der Waals surface area contributed by atoms with Gasteiger partial charge in [0.1, 0.15) is 24.7 Å². The van der Waals surface area contributed by atoms with Crippen molar-refractivity contribution >= 4 is 23.2 Å². The minimum Gasteiger partial charge on any atom is -0.491 e. The first kappa shape index (κ1) is 24.9. The number of thiophene rings is 1. The summed E-state index contributed by atoms with van der Waals surface area (Å²) in [5.74, 6) is -0.189. The number of hydrogen-bond acceptors (Lipinski definition) is 4. The van der Waals surface area contributed by atoms with Crippen LogP contribution in [-0.4, -0.2) is 47.4 Å². The van der Waals surface area contributed by atoms with Crippen LogP contribution < -0.4 is 4.74 Å². The Labute approximate surface area is 210 Å². The van der Waals surface area contributed by atoms with Crippen molar-refractivity contribution in [3.63, 3.8) is 0 Å². The highest BCUT2D eigenvalue weighted by Gasteiger charge is 2.34. The number of nitrogens with zero attached hydrogens (tertiary/aromatic N) is 2. The van der Waals surface area contributed by atoms with E-state index in [1.807, 2.05) is 49.9 Å². The Morgan fingerprint density at radius 1 is 1.20 bits per heavy atom. The van der Waals surface area contributed by atoms with Gasteiger partial charge in [-0.3, -0.25) is 9.59 Å². The molecule has 7 heteroatoms. The number of aryl methyl sites for hydroxylation is 1. The Bertz CT molecular complexity index is 1180. The molecule has 2 heterocycles. The van der Waals surface area contributed by atoms with E-state index >= 15 is 0 Å². The fraction of sp³-hybridized carbons (Fsp3) is 0.357. The van der Waals surface area contributed by atoms with E-state index in [-0.39, 0.29) is 36.0 Å². The smallest absolute Gasteiger partial charge is 0.254 e.